The fraction of sp³-hybridized carbons (Fsp3) is 0.316. The van der Waals surface area contributed by atoms with Crippen molar-refractivity contribution in [1.29, 1.82) is 0 Å². The van der Waals surface area contributed by atoms with Gasteiger partial charge >= 0.3 is 0 Å². The SMILES string of the molecule is COc1ccc(C(=O)N2CCNCC2c2ccccc2OC)cc1.Cl. The number of benzene rings is 2. The second-order valence-electron chi connectivity index (χ2n) is 5.69. The molecule has 134 valence electrons. The van der Waals surface area contributed by atoms with Gasteiger partial charge in [0.15, 0.2) is 0 Å². The summed E-state index contributed by atoms with van der Waals surface area (Å²) in [5.41, 5.74) is 1.69. The molecule has 2 aromatic carbocycles. The summed E-state index contributed by atoms with van der Waals surface area (Å²) in [5.74, 6) is 1.57. The molecule has 1 unspecified atom stereocenters. The van der Waals surface area contributed by atoms with Crippen molar-refractivity contribution in [3.63, 3.8) is 0 Å². The second-order valence-corrected chi connectivity index (χ2v) is 5.69. The van der Waals surface area contributed by atoms with Crippen LogP contribution in [0, 0.1) is 0 Å². The molecule has 0 radical (unpaired) electrons. The van der Waals surface area contributed by atoms with E-state index < -0.39 is 0 Å². The standard InChI is InChI=1S/C19H22N2O3.ClH/c1-23-15-9-7-14(8-10-15)19(22)21-12-11-20-13-17(21)16-5-3-4-6-18(16)24-2;/h3-10,17,20H,11-13H2,1-2H3;1H. The Morgan fingerprint density at radius 2 is 1.80 bits per heavy atom. The van der Waals surface area contributed by atoms with E-state index in [0.717, 1.165) is 23.6 Å². The van der Waals surface area contributed by atoms with Gasteiger partial charge < -0.3 is 19.7 Å². The molecule has 0 saturated carbocycles. The second kappa shape index (κ2) is 8.74. The van der Waals surface area contributed by atoms with Gasteiger partial charge in [0.25, 0.3) is 5.91 Å². The van der Waals surface area contributed by atoms with Crippen molar-refractivity contribution in [1.82, 2.24) is 10.2 Å². The average molecular weight is 363 g/mol. The Balaban J connectivity index is 0.00000225. The lowest BCUT2D eigenvalue weighted by atomic mass is 10.0. The van der Waals surface area contributed by atoms with Gasteiger partial charge in [-0.25, -0.2) is 0 Å². The summed E-state index contributed by atoms with van der Waals surface area (Å²) in [7, 11) is 3.27. The highest BCUT2D eigenvalue weighted by Crippen LogP contribution is 2.31. The molecule has 1 atom stereocenters. The summed E-state index contributed by atoms with van der Waals surface area (Å²) in [6.45, 7) is 2.16. The number of carbonyl (C=O) groups excluding carboxylic acids is 1. The zero-order valence-corrected chi connectivity index (χ0v) is 15.2. The number of hydrogen-bond donors (Lipinski definition) is 1. The number of para-hydroxylation sites is 1. The molecule has 25 heavy (non-hydrogen) atoms. The number of piperazine rings is 1. The van der Waals surface area contributed by atoms with Crippen molar-refractivity contribution < 1.29 is 14.3 Å². The number of carbonyl (C=O) groups is 1. The molecule has 1 aliphatic rings. The summed E-state index contributed by atoms with van der Waals surface area (Å²) in [5, 5.41) is 3.37. The minimum atomic E-state index is -0.0514. The molecule has 1 N–H and O–H groups in total. The summed E-state index contributed by atoms with van der Waals surface area (Å²) < 4.78 is 10.6. The molecular weight excluding hydrogens is 340 g/mol. The Hall–Kier alpha value is -2.24. The van der Waals surface area contributed by atoms with Crippen molar-refractivity contribution in [3.8, 4) is 11.5 Å². The number of hydrogen-bond acceptors (Lipinski definition) is 4. The van der Waals surface area contributed by atoms with Gasteiger partial charge in [-0.15, -0.1) is 12.4 Å². The third-order valence-electron chi connectivity index (χ3n) is 4.34. The number of rotatable bonds is 4. The number of nitrogens with zero attached hydrogens (tertiary/aromatic N) is 1. The average Bonchev–Trinajstić information content (AvgIpc) is 2.67. The predicted molar refractivity (Wildman–Crippen MR) is 99.9 cm³/mol. The van der Waals surface area contributed by atoms with Crippen LogP contribution in [0.5, 0.6) is 11.5 Å². The van der Waals surface area contributed by atoms with Gasteiger partial charge in [-0.05, 0) is 30.3 Å². The largest absolute Gasteiger partial charge is 0.497 e. The van der Waals surface area contributed by atoms with E-state index in [0.29, 0.717) is 18.7 Å². The van der Waals surface area contributed by atoms with Crippen LogP contribution in [0.25, 0.3) is 0 Å². The molecule has 1 fully saturated rings. The number of methoxy groups -OCH3 is 2. The smallest absolute Gasteiger partial charge is 0.254 e. The monoisotopic (exact) mass is 362 g/mol. The van der Waals surface area contributed by atoms with Crippen LogP contribution in [-0.4, -0.2) is 44.7 Å². The third-order valence-corrected chi connectivity index (χ3v) is 4.34. The van der Waals surface area contributed by atoms with Gasteiger partial charge in [0.1, 0.15) is 11.5 Å². The topological polar surface area (TPSA) is 50.8 Å². The molecule has 0 aliphatic carbocycles. The number of halogens is 1. The van der Waals surface area contributed by atoms with Crippen molar-refractivity contribution in [3.05, 3.63) is 59.7 Å². The maximum Gasteiger partial charge on any atom is 0.254 e. The molecule has 1 amide bonds. The Labute approximate surface area is 154 Å². The number of nitrogens with one attached hydrogen (secondary N) is 1. The first-order valence-electron chi connectivity index (χ1n) is 8.03. The van der Waals surface area contributed by atoms with E-state index in [2.05, 4.69) is 5.32 Å². The van der Waals surface area contributed by atoms with E-state index in [-0.39, 0.29) is 24.4 Å². The Morgan fingerprint density at radius 3 is 2.48 bits per heavy atom. The van der Waals surface area contributed by atoms with Gasteiger partial charge in [0.05, 0.1) is 20.3 Å². The van der Waals surface area contributed by atoms with Gasteiger partial charge in [0, 0.05) is 30.8 Å². The van der Waals surface area contributed by atoms with E-state index in [1.54, 1.807) is 14.2 Å². The van der Waals surface area contributed by atoms with Gasteiger partial charge in [-0.1, -0.05) is 18.2 Å². The Bertz CT molecular complexity index is 706. The van der Waals surface area contributed by atoms with E-state index in [4.69, 9.17) is 9.47 Å². The highest BCUT2D eigenvalue weighted by molar-refractivity contribution is 5.94. The highest BCUT2D eigenvalue weighted by Gasteiger charge is 2.30. The van der Waals surface area contributed by atoms with E-state index in [1.807, 2.05) is 53.4 Å². The molecule has 1 aliphatic heterocycles. The van der Waals surface area contributed by atoms with Crippen molar-refractivity contribution in [2.24, 2.45) is 0 Å². The third kappa shape index (κ3) is 4.06. The molecule has 0 spiro atoms. The van der Waals surface area contributed by atoms with Gasteiger partial charge in [-0.3, -0.25) is 4.79 Å². The lowest BCUT2D eigenvalue weighted by Gasteiger charge is -2.37. The Morgan fingerprint density at radius 1 is 1.08 bits per heavy atom. The fourth-order valence-corrected chi connectivity index (χ4v) is 3.07. The van der Waals surface area contributed by atoms with E-state index in [1.165, 1.54) is 0 Å². The van der Waals surface area contributed by atoms with Crippen LogP contribution < -0.4 is 14.8 Å². The van der Waals surface area contributed by atoms with Gasteiger partial charge in [-0.2, -0.15) is 0 Å². The molecule has 0 bridgehead atoms. The fourth-order valence-electron chi connectivity index (χ4n) is 3.07. The van der Waals surface area contributed by atoms with E-state index >= 15 is 0 Å². The molecule has 1 heterocycles. The molecule has 3 rings (SSSR count). The zero-order valence-electron chi connectivity index (χ0n) is 14.4. The lowest BCUT2D eigenvalue weighted by Crippen LogP contribution is -2.48. The first kappa shape index (κ1) is 19.1. The highest BCUT2D eigenvalue weighted by atomic mass is 35.5. The maximum absolute atomic E-state index is 13.0. The molecule has 2 aromatic rings. The zero-order chi connectivity index (χ0) is 16.9. The normalized spacial score (nSPS) is 16.7. The van der Waals surface area contributed by atoms with Crippen molar-refractivity contribution >= 4 is 18.3 Å². The first-order chi connectivity index (χ1) is 11.7. The predicted octanol–water partition coefficient (Wildman–Crippen LogP) is 2.91. The molecular formula is C19H23ClN2O3. The summed E-state index contributed by atoms with van der Waals surface area (Å²) >= 11 is 0. The summed E-state index contributed by atoms with van der Waals surface area (Å²) in [6, 6.07) is 15.1. The van der Waals surface area contributed by atoms with E-state index in [9.17, 15) is 4.79 Å². The molecule has 1 saturated heterocycles. The number of amides is 1. The van der Waals surface area contributed by atoms with Gasteiger partial charge in [0.2, 0.25) is 0 Å². The van der Waals surface area contributed by atoms with Crippen LogP contribution >= 0.6 is 12.4 Å². The van der Waals surface area contributed by atoms with Crippen LogP contribution in [0.3, 0.4) is 0 Å². The van der Waals surface area contributed by atoms with Crippen LogP contribution in [0.2, 0.25) is 0 Å². The molecule has 0 aromatic heterocycles. The van der Waals surface area contributed by atoms with Crippen LogP contribution in [0.1, 0.15) is 22.0 Å². The maximum atomic E-state index is 13.0. The first-order valence-corrected chi connectivity index (χ1v) is 8.03. The quantitative estimate of drug-likeness (QED) is 0.908. The Kier molecular flexibility index (Phi) is 6.67. The molecule has 6 heteroatoms. The van der Waals surface area contributed by atoms with Crippen molar-refractivity contribution in [2.45, 2.75) is 6.04 Å². The molecule has 5 nitrogen and oxygen atoms in total. The van der Waals surface area contributed by atoms with Crippen LogP contribution in [0.15, 0.2) is 48.5 Å². The minimum absolute atomic E-state index is 0. The number of ether oxygens (including phenoxy) is 2. The van der Waals surface area contributed by atoms with Crippen molar-refractivity contribution in [2.75, 3.05) is 33.9 Å². The summed E-state index contributed by atoms with van der Waals surface area (Å²) in [6.07, 6.45) is 0. The lowest BCUT2D eigenvalue weighted by molar-refractivity contribution is 0.0631. The van der Waals surface area contributed by atoms with Crippen LogP contribution in [-0.2, 0) is 0 Å². The minimum Gasteiger partial charge on any atom is -0.497 e. The summed E-state index contributed by atoms with van der Waals surface area (Å²) in [4.78, 5) is 14.9. The van der Waals surface area contributed by atoms with Crippen LogP contribution in [0.4, 0.5) is 0 Å².